The van der Waals surface area contributed by atoms with E-state index in [9.17, 15) is 0 Å². The average Bonchev–Trinajstić information content (AvgIpc) is 2.72. The molecule has 2 rings (SSSR count). The Balaban J connectivity index is 1.96. The van der Waals surface area contributed by atoms with Crippen LogP contribution in [0.4, 0.5) is 5.95 Å². The molecule has 0 amide bonds. The Morgan fingerprint density at radius 3 is 2.50 bits per heavy atom. The molecule has 5 heteroatoms. The highest BCUT2D eigenvalue weighted by atomic mass is 16.5. The summed E-state index contributed by atoms with van der Waals surface area (Å²) in [6.07, 6.45) is 5.91. The first kappa shape index (κ1) is 15.3. The van der Waals surface area contributed by atoms with Crippen molar-refractivity contribution in [2.24, 2.45) is 5.92 Å². The molecule has 1 unspecified atom stereocenters. The van der Waals surface area contributed by atoms with Gasteiger partial charge in [-0.15, -0.1) is 0 Å². The molecule has 0 bridgehead atoms. The van der Waals surface area contributed by atoms with Crippen LogP contribution < -0.4 is 10.2 Å². The topological polar surface area (TPSA) is 54.2 Å². The van der Waals surface area contributed by atoms with Gasteiger partial charge in [-0.3, -0.25) is 0 Å². The Hall–Kier alpha value is -1.10. The van der Waals surface area contributed by atoms with Gasteiger partial charge in [-0.1, -0.05) is 33.6 Å². The van der Waals surface area contributed by atoms with Crippen molar-refractivity contribution in [1.82, 2.24) is 15.5 Å². The lowest BCUT2D eigenvalue weighted by atomic mass is 10.0. The van der Waals surface area contributed by atoms with Gasteiger partial charge >= 0.3 is 0 Å². The van der Waals surface area contributed by atoms with Gasteiger partial charge in [0.1, 0.15) is 0 Å². The van der Waals surface area contributed by atoms with Gasteiger partial charge in [0, 0.05) is 25.6 Å². The molecule has 1 aliphatic heterocycles. The highest BCUT2D eigenvalue weighted by Gasteiger charge is 2.19. The van der Waals surface area contributed by atoms with E-state index in [1.807, 2.05) is 0 Å². The molecular formula is C15H28N4O. The van der Waals surface area contributed by atoms with Gasteiger partial charge in [-0.05, 0) is 30.5 Å². The molecule has 1 N–H and O–H groups in total. The Morgan fingerprint density at radius 1 is 1.20 bits per heavy atom. The van der Waals surface area contributed by atoms with Crippen molar-refractivity contribution in [3.8, 4) is 0 Å². The molecule has 5 nitrogen and oxygen atoms in total. The maximum absolute atomic E-state index is 5.44. The fraction of sp³-hybridized carbons (Fsp3) is 0.867. The predicted molar refractivity (Wildman–Crippen MR) is 81.0 cm³/mol. The van der Waals surface area contributed by atoms with Gasteiger partial charge in [0.25, 0.3) is 5.95 Å². The first-order chi connectivity index (χ1) is 9.70. The second-order valence-corrected chi connectivity index (χ2v) is 6.00. The molecule has 0 aliphatic carbocycles. The predicted octanol–water partition coefficient (Wildman–Crippen LogP) is 2.63. The lowest BCUT2D eigenvalue weighted by molar-refractivity contribution is 0.328. The summed E-state index contributed by atoms with van der Waals surface area (Å²) in [6, 6.07) is 0.400. The number of nitrogens with zero attached hydrogens (tertiary/aromatic N) is 3. The van der Waals surface area contributed by atoms with E-state index in [0.717, 1.165) is 37.9 Å². The fourth-order valence-corrected chi connectivity index (χ4v) is 2.72. The molecule has 1 atom stereocenters. The van der Waals surface area contributed by atoms with Crippen LogP contribution in [0.3, 0.4) is 0 Å². The molecule has 1 aliphatic rings. The Morgan fingerprint density at radius 2 is 1.90 bits per heavy atom. The molecule has 1 aromatic heterocycles. The van der Waals surface area contributed by atoms with Crippen LogP contribution in [0.5, 0.6) is 0 Å². The number of rotatable bonds is 6. The molecule has 114 valence electrons. The minimum atomic E-state index is 0.400. The number of likely N-dealkylation sites (N-methyl/N-ethyl adjacent to an activating group) is 1. The Labute approximate surface area is 122 Å². The molecule has 1 aromatic rings. The Kier molecular flexibility index (Phi) is 5.83. The number of nitrogens with one attached hydrogen (secondary N) is 1. The SMILES string of the molecule is CCNC(Cc1nc(N2CCCCCC2)no1)C(C)C. The normalized spacial score (nSPS) is 18.3. The van der Waals surface area contributed by atoms with Crippen LogP contribution in [0.25, 0.3) is 0 Å². The van der Waals surface area contributed by atoms with Crippen molar-refractivity contribution < 1.29 is 4.52 Å². The van der Waals surface area contributed by atoms with Gasteiger partial charge in [0.15, 0.2) is 0 Å². The summed E-state index contributed by atoms with van der Waals surface area (Å²) in [6.45, 7) is 9.65. The van der Waals surface area contributed by atoms with Crippen LogP contribution in [0, 0.1) is 5.92 Å². The monoisotopic (exact) mass is 280 g/mol. The molecule has 0 spiro atoms. The third-order valence-corrected chi connectivity index (χ3v) is 4.01. The van der Waals surface area contributed by atoms with Crippen molar-refractivity contribution >= 4 is 5.95 Å². The summed E-state index contributed by atoms with van der Waals surface area (Å²) < 4.78 is 5.44. The zero-order valence-electron chi connectivity index (χ0n) is 13.1. The van der Waals surface area contributed by atoms with Crippen LogP contribution in [0.15, 0.2) is 4.52 Å². The molecule has 20 heavy (non-hydrogen) atoms. The van der Waals surface area contributed by atoms with E-state index in [0.29, 0.717) is 12.0 Å². The molecule has 0 saturated carbocycles. The zero-order chi connectivity index (χ0) is 14.4. The van der Waals surface area contributed by atoms with Crippen molar-refractivity contribution in [3.63, 3.8) is 0 Å². The summed E-state index contributed by atoms with van der Waals surface area (Å²) in [5.41, 5.74) is 0. The zero-order valence-corrected chi connectivity index (χ0v) is 13.1. The van der Waals surface area contributed by atoms with Crippen LogP contribution >= 0.6 is 0 Å². The van der Waals surface area contributed by atoms with Crippen molar-refractivity contribution in [2.75, 3.05) is 24.5 Å². The van der Waals surface area contributed by atoms with Crippen LogP contribution in [-0.2, 0) is 6.42 Å². The van der Waals surface area contributed by atoms with E-state index in [-0.39, 0.29) is 0 Å². The van der Waals surface area contributed by atoms with Gasteiger partial charge < -0.3 is 14.7 Å². The molecule has 2 heterocycles. The van der Waals surface area contributed by atoms with Gasteiger partial charge in [0.05, 0.1) is 0 Å². The molecule has 0 aromatic carbocycles. The lowest BCUT2D eigenvalue weighted by Crippen LogP contribution is -2.35. The number of aromatic nitrogens is 2. The third-order valence-electron chi connectivity index (χ3n) is 4.01. The van der Waals surface area contributed by atoms with Crippen LogP contribution in [0.2, 0.25) is 0 Å². The molecule has 1 fully saturated rings. The number of hydrogen-bond donors (Lipinski definition) is 1. The van der Waals surface area contributed by atoms with Crippen molar-refractivity contribution in [3.05, 3.63) is 5.89 Å². The van der Waals surface area contributed by atoms with Gasteiger partial charge in [-0.25, -0.2) is 0 Å². The number of hydrogen-bond acceptors (Lipinski definition) is 5. The molecule has 0 radical (unpaired) electrons. The quantitative estimate of drug-likeness (QED) is 0.868. The molecular weight excluding hydrogens is 252 g/mol. The third kappa shape index (κ3) is 4.20. The highest BCUT2D eigenvalue weighted by Crippen LogP contribution is 2.17. The molecule has 1 saturated heterocycles. The summed E-state index contributed by atoms with van der Waals surface area (Å²) in [7, 11) is 0. The first-order valence-corrected chi connectivity index (χ1v) is 8.01. The van der Waals surface area contributed by atoms with Crippen LogP contribution in [-0.4, -0.2) is 35.8 Å². The fourth-order valence-electron chi connectivity index (χ4n) is 2.72. The van der Waals surface area contributed by atoms with E-state index >= 15 is 0 Å². The van der Waals surface area contributed by atoms with Gasteiger partial charge in [0.2, 0.25) is 5.89 Å². The first-order valence-electron chi connectivity index (χ1n) is 8.01. The maximum atomic E-state index is 5.44. The van der Waals surface area contributed by atoms with Crippen LogP contribution in [0.1, 0.15) is 52.3 Å². The van der Waals surface area contributed by atoms with E-state index in [2.05, 4.69) is 41.1 Å². The summed E-state index contributed by atoms with van der Waals surface area (Å²) >= 11 is 0. The van der Waals surface area contributed by atoms with Crippen molar-refractivity contribution in [2.45, 2.75) is 58.9 Å². The van der Waals surface area contributed by atoms with Crippen molar-refractivity contribution in [1.29, 1.82) is 0 Å². The van der Waals surface area contributed by atoms with E-state index < -0.39 is 0 Å². The second-order valence-electron chi connectivity index (χ2n) is 6.00. The highest BCUT2D eigenvalue weighted by molar-refractivity contribution is 5.27. The Bertz CT molecular complexity index is 383. The maximum Gasteiger partial charge on any atom is 0.266 e. The van der Waals surface area contributed by atoms with Gasteiger partial charge in [-0.2, -0.15) is 4.98 Å². The largest absolute Gasteiger partial charge is 0.338 e. The minimum absolute atomic E-state index is 0.400. The average molecular weight is 280 g/mol. The minimum Gasteiger partial charge on any atom is -0.338 e. The summed E-state index contributed by atoms with van der Waals surface area (Å²) in [5, 5.41) is 7.65. The standard InChI is InChI=1S/C15H28N4O/c1-4-16-13(12(2)3)11-14-17-15(18-20-14)19-9-7-5-6-8-10-19/h12-13,16H,4-11H2,1-3H3. The summed E-state index contributed by atoms with van der Waals surface area (Å²) in [5.74, 6) is 2.09. The second kappa shape index (κ2) is 7.62. The van der Waals surface area contributed by atoms with E-state index in [1.165, 1.54) is 25.7 Å². The van der Waals surface area contributed by atoms with E-state index in [1.54, 1.807) is 0 Å². The van der Waals surface area contributed by atoms with E-state index in [4.69, 9.17) is 4.52 Å². The smallest absolute Gasteiger partial charge is 0.266 e. The number of anilines is 1. The summed E-state index contributed by atoms with van der Waals surface area (Å²) in [4.78, 5) is 6.85. The lowest BCUT2D eigenvalue weighted by Gasteiger charge is -2.19.